The largest absolute Gasteiger partial charge is 0.497 e. The summed E-state index contributed by atoms with van der Waals surface area (Å²) in [5, 5.41) is 0. The molecule has 5 heteroatoms. The van der Waals surface area contributed by atoms with E-state index in [2.05, 4.69) is 0 Å². The summed E-state index contributed by atoms with van der Waals surface area (Å²) >= 11 is 0. The van der Waals surface area contributed by atoms with Gasteiger partial charge in [0, 0.05) is 36.1 Å². The van der Waals surface area contributed by atoms with Gasteiger partial charge in [0.1, 0.15) is 5.75 Å². The Hall–Kier alpha value is -2.92. The molecule has 150 valence electrons. The molecule has 5 nitrogen and oxygen atoms in total. The number of benzene rings is 2. The van der Waals surface area contributed by atoms with E-state index in [1.54, 1.807) is 7.11 Å². The van der Waals surface area contributed by atoms with Crippen LogP contribution in [0.25, 0.3) is 0 Å². The van der Waals surface area contributed by atoms with Gasteiger partial charge in [0.05, 0.1) is 20.3 Å². The van der Waals surface area contributed by atoms with Crippen molar-refractivity contribution in [1.82, 2.24) is 4.90 Å². The molecule has 1 heterocycles. The predicted molar refractivity (Wildman–Crippen MR) is 110 cm³/mol. The third-order valence-corrected chi connectivity index (χ3v) is 5.70. The minimum Gasteiger partial charge on any atom is -0.497 e. The number of rotatable bonds is 5. The number of allylic oxidation sites excluding steroid dienone is 1. The van der Waals surface area contributed by atoms with Crippen LogP contribution in [0.3, 0.4) is 0 Å². The van der Waals surface area contributed by atoms with Crippen molar-refractivity contribution >= 4 is 11.7 Å². The highest BCUT2D eigenvalue weighted by Gasteiger charge is 2.38. The van der Waals surface area contributed by atoms with Crippen molar-refractivity contribution in [2.45, 2.75) is 12.3 Å². The van der Waals surface area contributed by atoms with Gasteiger partial charge in [0.25, 0.3) is 0 Å². The normalized spacial score (nSPS) is 21.6. The third-order valence-electron chi connectivity index (χ3n) is 5.70. The second-order valence-electron chi connectivity index (χ2n) is 7.44. The lowest BCUT2D eigenvalue weighted by molar-refractivity contribution is -0.131. The van der Waals surface area contributed by atoms with Crippen LogP contribution in [0.2, 0.25) is 0 Å². The molecule has 1 fully saturated rings. The van der Waals surface area contributed by atoms with E-state index in [4.69, 9.17) is 9.47 Å². The van der Waals surface area contributed by atoms with Gasteiger partial charge in [-0.2, -0.15) is 0 Å². The van der Waals surface area contributed by atoms with Crippen molar-refractivity contribution in [2.24, 2.45) is 5.92 Å². The highest BCUT2D eigenvalue weighted by atomic mass is 16.5. The van der Waals surface area contributed by atoms with Gasteiger partial charge >= 0.3 is 0 Å². The number of Topliss-reactive ketones (excluding diaryl/α,β-unsaturated/α-hetero) is 1. The molecule has 1 saturated heterocycles. The van der Waals surface area contributed by atoms with Gasteiger partial charge in [-0.3, -0.25) is 9.59 Å². The molecule has 0 spiro atoms. The number of carbonyl (C=O) groups excluding carboxylic acids is 2. The first-order valence-electron chi connectivity index (χ1n) is 9.98. The molecule has 4 rings (SSSR count). The van der Waals surface area contributed by atoms with E-state index in [0.29, 0.717) is 43.9 Å². The Morgan fingerprint density at radius 3 is 2.52 bits per heavy atom. The molecule has 0 saturated carbocycles. The van der Waals surface area contributed by atoms with E-state index in [0.717, 1.165) is 11.3 Å². The number of hydrogen-bond donors (Lipinski definition) is 0. The molecule has 0 radical (unpaired) electrons. The van der Waals surface area contributed by atoms with Crippen LogP contribution in [0.5, 0.6) is 5.75 Å². The lowest BCUT2D eigenvalue weighted by Crippen LogP contribution is -2.41. The average Bonchev–Trinajstić information content (AvgIpc) is 3.25. The fourth-order valence-corrected chi connectivity index (χ4v) is 4.14. The van der Waals surface area contributed by atoms with Crippen molar-refractivity contribution < 1.29 is 19.1 Å². The highest BCUT2D eigenvalue weighted by molar-refractivity contribution is 6.02. The second kappa shape index (κ2) is 8.62. The van der Waals surface area contributed by atoms with Gasteiger partial charge in [-0.1, -0.05) is 48.5 Å². The summed E-state index contributed by atoms with van der Waals surface area (Å²) in [6, 6.07) is 17.1. The lowest BCUT2D eigenvalue weighted by Gasteiger charge is -2.27. The maximum atomic E-state index is 13.3. The zero-order chi connectivity index (χ0) is 20.2. The molecule has 2 aromatic carbocycles. The molecule has 2 atom stereocenters. The number of methoxy groups -OCH3 is 1. The molecule has 1 aliphatic heterocycles. The molecule has 0 N–H and O–H groups in total. The van der Waals surface area contributed by atoms with E-state index in [1.165, 1.54) is 0 Å². The Bertz CT molecular complexity index is 915. The minimum atomic E-state index is -0.301. The molecule has 29 heavy (non-hydrogen) atoms. The molecule has 2 aromatic rings. The second-order valence-corrected chi connectivity index (χ2v) is 7.44. The van der Waals surface area contributed by atoms with Crippen molar-refractivity contribution in [3.8, 4) is 5.75 Å². The molecular weight excluding hydrogens is 366 g/mol. The molecular formula is C24H25NO4. The topological polar surface area (TPSA) is 55.8 Å². The zero-order valence-electron chi connectivity index (χ0n) is 16.5. The van der Waals surface area contributed by atoms with Gasteiger partial charge in [-0.05, 0) is 24.1 Å². The third kappa shape index (κ3) is 4.10. The van der Waals surface area contributed by atoms with E-state index in [-0.39, 0.29) is 23.5 Å². The lowest BCUT2D eigenvalue weighted by atomic mass is 9.83. The van der Waals surface area contributed by atoms with Crippen molar-refractivity contribution in [3.63, 3.8) is 0 Å². The summed E-state index contributed by atoms with van der Waals surface area (Å²) in [4.78, 5) is 28.2. The number of nitrogens with zero attached hydrogens (tertiary/aromatic N) is 1. The van der Waals surface area contributed by atoms with Gasteiger partial charge in [-0.25, -0.2) is 0 Å². The number of morpholine rings is 1. The first-order valence-corrected chi connectivity index (χ1v) is 9.98. The van der Waals surface area contributed by atoms with E-state index in [1.807, 2.05) is 65.6 Å². The summed E-state index contributed by atoms with van der Waals surface area (Å²) in [7, 11) is 1.63. The smallest absolute Gasteiger partial charge is 0.249 e. The van der Waals surface area contributed by atoms with Crippen LogP contribution < -0.4 is 4.74 Å². The van der Waals surface area contributed by atoms with Gasteiger partial charge < -0.3 is 14.4 Å². The number of carbonyl (C=O) groups is 2. The van der Waals surface area contributed by atoms with Gasteiger partial charge in [0.15, 0.2) is 5.78 Å². The van der Waals surface area contributed by atoms with Crippen molar-refractivity contribution in [2.75, 3.05) is 33.4 Å². The standard InChI is InChI=1S/C24H25NO4/c1-28-20-9-5-8-18(14-20)21-15-19(24(27)25-10-12-29-13-11-25)16-22(21)23(26)17-6-3-2-4-7-17/h2-9,14-15,21-22H,10-13,16H2,1H3/t21-,22+/m1/s1. The summed E-state index contributed by atoms with van der Waals surface area (Å²) in [5.41, 5.74) is 2.39. The van der Waals surface area contributed by atoms with Crippen molar-refractivity contribution in [1.29, 1.82) is 0 Å². The average molecular weight is 391 g/mol. The van der Waals surface area contributed by atoms with Crippen LogP contribution in [0.1, 0.15) is 28.3 Å². The van der Waals surface area contributed by atoms with Gasteiger partial charge in [0.2, 0.25) is 5.91 Å². The first-order chi connectivity index (χ1) is 14.2. The van der Waals surface area contributed by atoms with Crippen molar-refractivity contribution in [3.05, 3.63) is 77.4 Å². The van der Waals surface area contributed by atoms with Crippen LogP contribution in [0, 0.1) is 5.92 Å². The number of hydrogen-bond acceptors (Lipinski definition) is 4. The number of amides is 1. The fraction of sp³-hybridized carbons (Fsp3) is 0.333. The first kappa shape index (κ1) is 19.4. The Kier molecular flexibility index (Phi) is 5.76. The number of ketones is 1. The molecule has 0 bridgehead atoms. The van der Waals surface area contributed by atoms with Crippen LogP contribution in [-0.4, -0.2) is 50.0 Å². The fourth-order valence-electron chi connectivity index (χ4n) is 4.14. The maximum absolute atomic E-state index is 13.3. The Balaban J connectivity index is 1.66. The monoisotopic (exact) mass is 391 g/mol. The molecule has 0 unspecified atom stereocenters. The summed E-state index contributed by atoms with van der Waals surface area (Å²) in [6.45, 7) is 2.31. The summed E-state index contributed by atoms with van der Waals surface area (Å²) in [6.07, 6.45) is 2.43. The molecule has 0 aromatic heterocycles. The SMILES string of the molecule is COc1cccc([C@H]2C=C(C(=O)N3CCOCC3)C[C@@H]2C(=O)c2ccccc2)c1. The number of ether oxygens (including phenoxy) is 2. The van der Waals surface area contributed by atoms with Crippen LogP contribution in [0.15, 0.2) is 66.2 Å². The van der Waals surface area contributed by atoms with Gasteiger partial charge in [-0.15, -0.1) is 0 Å². The minimum absolute atomic E-state index is 0.0181. The predicted octanol–water partition coefficient (Wildman–Crippen LogP) is 3.47. The Morgan fingerprint density at radius 1 is 1.03 bits per heavy atom. The quantitative estimate of drug-likeness (QED) is 0.733. The zero-order valence-corrected chi connectivity index (χ0v) is 16.5. The van der Waals surface area contributed by atoms with Crippen LogP contribution in [-0.2, 0) is 9.53 Å². The Labute approximate surface area is 170 Å². The molecule has 2 aliphatic rings. The van der Waals surface area contributed by atoms with E-state index < -0.39 is 0 Å². The van der Waals surface area contributed by atoms with E-state index >= 15 is 0 Å². The van der Waals surface area contributed by atoms with Crippen LogP contribution >= 0.6 is 0 Å². The summed E-state index contributed by atoms with van der Waals surface area (Å²) in [5.74, 6) is 0.376. The Morgan fingerprint density at radius 2 is 1.79 bits per heavy atom. The van der Waals surface area contributed by atoms with E-state index in [9.17, 15) is 9.59 Å². The maximum Gasteiger partial charge on any atom is 0.249 e. The molecule has 1 aliphatic carbocycles. The molecule has 1 amide bonds. The highest BCUT2D eigenvalue weighted by Crippen LogP contribution is 2.41. The van der Waals surface area contributed by atoms with Crippen LogP contribution in [0.4, 0.5) is 0 Å². The summed E-state index contributed by atoms with van der Waals surface area (Å²) < 4.78 is 10.7.